The average molecular weight is 328 g/mol. The van der Waals surface area contributed by atoms with Crippen LogP contribution in [0.5, 0.6) is 5.75 Å². The molecule has 1 aliphatic rings. The van der Waals surface area contributed by atoms with Gasteiger partial charge in [0.05, 0.1) is 6.61 Å². The Bertz CT molecular complexity index is 406. The molecule has 0 aliphatic carbocycles. The highest BCUT2D eigenvalue weighted by Crippen LogP contribution is 2.34. The van der Waals surface area contributed by atoms with Crippen LogP contribution in [0.3, 0.4) is 0 Å². The van der Waals surface area contributed by atoms with Gasteiger partial charge in [0.1, 0.15) is 5.75 Å². The van der Waals surface area contributed by atoms with E-state index >= 15 is 0 Å². The molecule has 0 atom stereocenters. The summed E-state index contributed by atoms with van der Waals surface area (Å²) in [5.74, 6) is 1.71. The molecule has 0 bridgehead atoms. The zero-order chi connectivity index (χ0) is 14.9. The summed E-state index contributed by atoms with van der Waals surface area (Å²) in [6, 6.07) is 8.51. The summed E-state index contributed by atoms with van der Waals surface area (Å²) in [5, 5.41) is 8.81. The molecule has 3 nitrogen and oxygen atoms in total. The zero-order valence-electron chi connectivity index (χ0n) is 13.7. The van der Waals surface area contributed by atoms with E-state index in [9.17, 15) is 0 Å². The van der Waals surface area contributed by atoms with Crippen molar-refractivity contribution in [3.8, 4) is 5.75 Å². The predicted octanol–water partition coefficient (Wildman–Crippen LogP) is 3.85. The van der Waals surface area contributed by atoms with Crippen LogP contribution in [0.25, 0.3) is 0 Å². The number of benzene rings is 1. The molecule has 0 unspecified atom stereocenters. The van der Waals surface area contributed by atoms with Crippen molar-refractivity contribution in [2.45, 2.75) is 44.9 Å². The second-order valence-corrected chi connectivity index (χ2v) is 5.87. The molecule has 4 heteroatoms. The fourth-order valence-corrected chi connectivity index (χ4v) is 3.20. The zero-order valence-corrected chi connectivity index (χ0v) is 14.5. The van der Waals surface area contributed by atoms with Gasteiger partial charge in [0, 0.05) is 6.61 Å². The Kier molecular flexibility index (Phi) is 9.53. The Labute approximate surface area is 141 Å². The van der Waals surface area contributed by atoms with Crippen LogP contribution in [-0.2, 0) is 0 Å². The van der Waals surface area contributed by atoms with Crippen molar-refractivity contribution in [3.63, 3.8) is 0 Å². The molecule has 1 N–H and O–H groups in total. The minimum atomic E-state index is 0. The maximum Gasteiger partial charge on any atom is 0.122 e. The maximum absolute atomic E-state index is 8.81. The van der Waals surface area contributed by atoms with Gasteiger partial charge in [0.15, 0.2) is 0 Å². The van der Waals surface area contributed by atoms with Crippen LogP contribution in [-0.4, -0.2) is 42.9 Å². The van der Waals surface area contributed by atoms with Gasteiger partial charge in [-0.05, 0) is 76.2 Å². The van der Waals surface area contributed by atoms with Crippen molar-refractivity contribution >= 4 is 12.4 Å². The van der Waals surface area contributed by atoms with E-state index in [4.69, 9.17) is 9.84 Å². The van der Waals surface area contributed by atoms with Crippen LogP contribution in [0.2, 0.25) is 0 Å². The van der Waals surface area contributed by atoms with Gasteiger partial charge in [0.2, 0.25) is 0 Å². The number of aliphatic hydroxyl groups is 1. The van der Waals surface area contributed by atoms with Gasteiger partial charge in [-0.2, -0.15) is 0 Å². The molecule has 1 aromatic carbocycles. The minimum Gasteiger partial charge on any atom is -0.494 e. The van der Waals surface area contributed by atoms with E-state index < -0.39 is 0 Å². The lowest BCUT2D eigenvalue weighted by Gasteiger charge is -2.32. The summed E-state index contributed by atoms with van der Waals surface area (Å²) in [6.45, 7) is 6.66. The molecule has 1 fully saturated rings. The number of rotatable bonds is 8. The molecule has 126 valence electrons. The van der Waals surface area contributed by atoms with Gasteiger partial charge < -0.3 is 14.7 Å². The molecule has 2 rings (SSSR count). The van der Waals surface area contributed by atoms with Crippen LogP contribution < -0.4 is 4.74 Å². The van der Waals surface area contributed by atoms with Gasteiger partial charge in [-0.25, -0.2) is 0 Å². The first-order valence-electron chi connectivity index (χ1n) is 8.40. The Morgan fingerprint density at radius 2 is 1.86 bits per heavy atom. The lowest BCUT2D eigenvalue weighted by Crippen LogP contribution is -2.33. The maximum atomic E-state index is 8.81. The largest absolute Gasteiger partial charge is 0.494 e. The first-order chi connectivity index (χ1) is 10.3. The number of unbranched alkanes of at least 4 members (excludes halogenated alkanes) is 2. The molecular weight excluding hydrogens is 298 g/mol. The summed E-state index contributed by atoms with van der Waals surface area (Å²) in [4.78, 5) is 2.57. The molecule has 1 aliphatic heterocycles. The fraction of sp³-hybridized carbons (Fsp3) is 0.667. The molecule has 0 saturated carbocycles. The van der Waals surface area contributed by atoms with Crippen molar-refractivity contribution in [2.24, 2.45) is 0 Å². The third kappa shape index (κ3) is 5.79. The second-order valence-electron chi connectivity index (χ2n) is 5.87. The van der Waals surface area contributed by atoms with Crippen LogP contribution in [0.4, 0.5) is 0 Å². The Morgan fingerprint density at radius 1 is 1.14 bits per heavy atom. The standard InChI is InChI=1S/C18H29NO2.ClH/c1-2-21-18-9-5-4-8-17(18)16-10-13-19(14-11-16)12-6-3-7-15-20;/h4-5,8-9,16,20H,2-3,6-7,10-15H2,1H3;1H. The normalized spacial score (nSPS) is 16.3. The van der Waals surface area contributed by atoms with Crippen molar-refractivity contribution in [2.75, 3.05) is 32.8 Å². The summed E-state index contributed by atoms with van der Waals surface area (Å²) in [7, 11) is 0. The summed E-state index contributed by atoms with van der Waals surface area (Å²) in [5.41, 5.74) is 1.39. The quantitative estimate of drug-likeness (QED) is 0.736. The van der Waals surface area contributed by atoms with Crippen molar-refractivity contribution in [1.29, 1.82) is 0 Å². The Morgan fingerprint density at radius 3 is 2.55 bits per heavy atom. The molecule has 22 heavy (non-hydrogen) atoms. The number of ether oxygens (including phenoxy) is 1. The topological polar surface area (TPSA) is 32.7 Å². The number of likely N-dealkylation sites (tertiary alicyclic amines) is 1. The number of para-hydroxylation sites is 1. The molecule has 0 spiro atoms. The van der Waals surface area contributed by atoms with E-state index in [2.05, 4.69) is 29.2 Å². The molecule has 1 heterocycles. The molecule has 0 radical (unpaired) electrons. The van der Waals surface area contributed by atoms with Crippen molar-refractivity contribution in [3.05, 3.63) is 29.8 Å². The van der Waals surface area contributed by atoms with Crippen LogP contribution in [0.15, 0.2) is 24.3 Å². The second kappa shape index (κ2) is 10.9. The van der Waals surface area contributed by atoms with Crippen LogP contribution in [0.1, 0.15) is 50.5 Å². The predicted molar refractivity (Wildman–Crippen MR) is 94.2 cm³/mol. The number of piperidine rings is 1. The first kappa shape index (κ1) is 19.3. The highest BCUT2D eigenvalue weighted by molar-refractivity contribution is 5.85. The monoisotopic (exact) mass is 327 g/mol. The van der Waals surface area contributed by atoms with Gasteiger partial charge in [-0.15, -0.1) is 12.4 Å². The lowest BCUT2D eigenvalue weighted by atomic mass is 9.88. The van der Waals surface area contributed by atoms with Gasteiger partial charge in [-0.3, -0.25) is 0 Å². The molecule has 1 saturated heterocycles. The molecular formula is C18H30ClNO2. The van der Waals surface area contributed by atoms with Crippen molar-refractivity contribution in [1.82, 2.24) is 4.90 Å². The first-order valence-corrected chi connectivity index (χ1v) is 8.40. The van der Waals surface area contributed by atoms with Crippen LogP contribution >= 0.6 is 12.4 Å². The highest BCUT2D eigenvalue weighted by Gasteiger charge is 2.22. The molecule has 0 amide bonds. The van der Waals surface area contributed by atoms with Gasteiger partial charge in [-0.1, -0.05) is 18.2 Å². The van der Waals surface area contributed by atoms with E-state index in [1.165, 1.54) is 44.5 Å². The van der Waals surface area contributed by atoms with Crippen molar-refractivity contribution < 1.29 is 9.84 Å². The van der Waals surface area contributed by atoms with E-state index in [1.807, 2.05) is 6.92 Å². The number of hydrogen-bond donors (Lipinski definition) is 1. The molecule has 0 aromatic heterocycles. The summed E-state index contributed by atoms with van der Waals surface area (Å²) < 4.78 is 5.77. The smallest absolute Gasteiger partial charge is 0.122 e. The fourth-order valence-electron chi connectivity index (χ4n) is 3.20. The number of aliphatic hydroxyl groups excluding tert-OH is 1. The number of nitrogens with zero attached hydrogens (tertiary/aromatic N) is 1. The summed E-state index contributed by atoms with van der Waals surface area (Å²) >= 11 is 0. The van der Waals surface area contributed by atoms with Crippen LogP contribution in [0, 0.1) is 0 Å². The van der Waals surface area contributed by atoms with E-state index in [1.54, 1.807) is 0 Å². The van der Waals surface area contributed by atoms with E-state index in [-0.39, 0.29) is 12.4 Å². The Hall–Kier alpha value is -0.770. The van der Waals surface area contributed by atoms with E-state index in [0.29, 0.717) is 12.5 Å². The average Bonchev–Trinajstić information content (AvgIpc) is 2.53. The van der Waals surface area contributed by atoms with Gasteiger partial charge in [0.25, 0.3) is 0 Å². The minimum absolute atomic E-state index is 0. The number of hydrogen-bond acceptors (Lipinski definition) is 3. The highest BCUT2D eigenvalue weighted by atomic mass is 35.5. The number of halogens is 1. The SMILES string of the molecule is CCOc1ccccc1C1CCN(CCCCCO)CC1.Cl. The third-order valence-corrected chi connectivity index (χ3v) is 4.38. The lowest BCUT2D eigenvalue weighted by molar-refractivity contribution is 0.203. The Balaban J connectivity index is 0.00000242. The van der Waals surface area contributed by atoms with Gasteiger partial charge >= 0.3 is 0 Å². The molecule has 1 aromatic rings. The third-order valence-electron chi connectivity index (χ3n) is 4.38. The van der Waals surface area contributed by atoms with E-state index in [0.717, 1.165) is 25.2 Å². The summed E-state index contributed by atoms with van der Waals surface area (Å²) in [6.07, 6.45) is 5.75.